The molecule has 0 aliphatic rings. The van der Waals surface area contributed by atoms with E-state index in [9.17, 15) is 18.4 Å². The largest absolute Gasteiger partial charge is 0.322 e. The van der Waals surface area contributed by atoms with Gasteiger partial charge in [0.15, 0.2) is 0 Å². The second kappa shape index (κ2) is 9.26. The van der Waals surface area contributed by atoms with Crippen molar-refractivity contribution in [3.63, 3.8) is 0 Å². The maximum atomic E-state index is 13.9. The van der Waals surface area contributed by atoms with Gasteiger partial charge in [0.25, 0.3) is 0 Å². The Bertz CT molecular complexity index is 794. The second-order valence-electron chi connectivity index (χ2n) is 6.73. The van der Waals surface area contributed by atoms with Gasteiger partial charge in [-0.1, -0.05) is 39.0 Å². The summed E-state index contributed by atoms with van der Waals surface area (Å²) in [5.41, 5.74) is 0.480. The number of hydrogen-bond donors (Lipinski definition) is 1. The summed E-state index contributed by atoms with van der Waals surface area (Å²) in [6, 6.07) is 11.0. The van der Waals surface area contributed by atoms with E-state index < -0.39 is 23.6 Å². The monoisotopic (exact) mass is 374 g/mol. The first kappa shape index (κ1) is 20.6. The molecule has 0 saturated heterocycles. The van der Waals surface area contributed by atoms with Crippen molar-refractivity contribution in [2.24, 2.45) is 5.92 Å². The van der Waals surface area contributed by atoms with E-state index in [4.69, 9.17) is 0 Å². The van der Waals surface area contributed by atoms with Crippen molar-refractivity contribution in [3.8, 4) is 0 Å². The number of nitrogens with one attached hydrogen (secondary N) is 1. The van der Waals surface area contributed by atoms with Gasteiger partial charge in [-0.3, -0.25) is 14.5 Å². The van der Waals surface area contributed by atoms with Crippen molar-refractivity contribution in [1.29, 1.82) is 0 Å². The van der Waals surface area contributed by atoms with Crippen molar-refractivity contribution in [2.45, 2.75) is 39.7 Å². The van der Waals surface area contributed by atoms with Gasteiger partial charge in [0.1, 0.15) is 17.7 Å². The molecule has 0 fully saturated rings. The zero-order valence-corrected chi connectivity index (χ0v) is 15.7. The summed E-state index contributed by atoms with van der Waals surface area (Å²) in [6.07, 6.45) is 0.622. The van der Waals surface area contributed by atoms with E-state index >= 15 is 0 Å². The Hall–Kier alpha value is -2.76. The lowest BCUT2D eigenvalue weighted by molar-refractivity contribution is -0.124. The lowest BCUT2D eigenvalue weighted by Crippen LogP contribution is -2.47. The maximum Gasteiger partial charge on any atom is 0.247 e. The standard InChI is InChI=1S/C21H24F2N2O2/c1-4-19(21(27)24-18-11-10-15(22)13-17(18)23)25(20(26)12-14(2)3)16-8-6-5-7-9-16/h5-11,13-14,19H,4,12H2,1-3H3,(H,24,27)/t19-/m1/s1. The quantitative estimate of drug-likeness (QED) is 0.759. The molecule has 2 aromatic carbocycles. The van der Waals surface area contributed by atoms with Gasteiger partial charge in [0.05, 0.1) is 5.69 Å². The van der Waals surface area contributed by atoms with Gasteiger partial charge < -0.3 is 5.32 Å². The van der Waals surface area contributed by atoms with Crippen LogP contribution in [-0.4, -0.2) is 17.9 Å². The highest BCUT2D eigenvalue weighted by molar-refractivity contribution is 6.05. The van der Waals surface area contributed by atoms with Crippen LogP contribution in [0.25, 0.3) is 0 Å². The minimum absolute atomic E-state index is 0.121. The number of halogens is 2. The third-order valence-electron chi connectivity index (χ3n) is 4.08. The Morgan fingerprint density at radius 3 is 2.30 bits per heavy atom. The topological polar surface area (TPSA) is 49.4 Å². The highest BCUT2D eigenvalue weighted by atomic mass is 19.1. The highest BCUT2D eigenvalue weighted by Crippen LogP contribution is 2.23. The first-order valence-corrected chi connectivity index (χ1v) is 8.96. The molecule has 2 amide bonds. The number of carbonyl (C=O) groups is 2. The third-order valence-corrected chi connectivity index (χ3v) is 4.08. The average molecular weight is 374 g/mol. The molecule has 6 heteroatoms. The first-order chi connectivity index (χ1) is 12.8. The van der Waals surface area contributed by atoms with Crippen LogP contribution < -0.4 is 10.2 Å². The Labute approximate surface area is 158 Å². The molecule has 0 unspecified atom stereocenters. The van der Waals surface area contributed by atoms with Crippen LogP contribution in [0, 0.1) is 17.6 Å². The number of hydrogen-bond acceptors (Lipinski definition) is 2. The number of nitrogens with zero attached hydrogens (tertiary/aromatic N) is 1. The minimum Gasteiger partial charge on any atom is -0.322 e. The van der Waals surface area contributed by atoms with Gasteiger partial charge in [0.2, 0.25) is 11.8 Å². The molecule has 1 N–H and O–H groups in total. The third kappa shape index (κ3) is 5.36. The van der Waals surface area contributed by atoms with Crippen molar-refractivity contribution in [2.75, 3.05) is 10.2 Å². The molecule has 1 atom stereocenters. The van der Waals surface area contributed by atoms with Gasteiger partial charge >= 0.3 is 0 Å². The van der Waals surface area contributed by atoms with Gasteiger partial charge in [0, 0.05) is 18.2 Å². The average Bonchev–Trinajstić information content (AvgIpc) is 2.61. The molecule has 2 rings (SSSR count). The zero-order valence-electron chi connectivity index (χ0n) is 15.7. The maximum absolute atomic E-state index is 13.9. The molecule has 2 aromatic rings. The van der Waals surface area contributed by atoms with Crippen molar-refractivity contribution < 1.29 is 18.4 Å². The van der Waals surface area contributed by atoms with Crippen LogP contribution in [0.3, 0.4) is 0 Å². The summed E-state index contributed by atoms with van der Waals surface area (Å²) in [5.74, 6) is -2.17. The molecule has 0 aliphatic carbocycles. The predicted octanol–water partition coefficient (Wildman–Crippen LogP) is 4.76. The van der Waals surface area contributed by atoms with Crippen LogP contribution in [0.5, 0.6) is 0 Å². The molecular weight excluding hydrogens is 350 g/mol. The molecule has 0 heterocycles. The van der Waals surface area contributed by atoms with Crippen LogP contribution in [0.15, 0.2) is 48.5 Å². The fourth-order valence-electron chi connectivity index (χ4n) is 2.83. The van der Waals surface area contributed by atoms with E-state index in [1.165, 1.54) is 4.90 Å². The summed E-state index contributed by atoms with van der Waals surface area (Å²) < 4.78 is 27.0. The molecule has 0 saturated carbocycles. The Morgan fingerprint density at radius 1 is 1.07 bits per heavy atom. The predicted molar refractivity (Wildman–Crippen MR) is 102 cm³/mol. The van der Waals surface area contributed by atoms with Crippen LogP contribution in [0.2, 0.25) is 0 Å². The SMILES string of the molecule is CC[C@H](C(=O)Nc1ccc(F)cc1F)N(C(=O)CC(C)C)c1ccccc1. The molecule has 0 spiro atoms. The van der Waals surface area contributed by atoms with Crippen molar-refractivity contribution in [1.82, 2.24) is 0 Å². The number of para-hydroxylation sites is 1. The smallest absolute Gasteiger partial charge is 0.247 e. The molecule has 0 radical (unpaired) electrons. The number of rotatable bonds is 7. The number of amides is 2. The van der Waals surface area contributed by atoms with Crippen LogP contribution in [0.4, 0.5) is 20.2 Å². The van der Waals surface area contributed by atoms with Gasteiger partial charge in [-0.2, -0.15) is 0 Å². The van der Waals surface area contributed by atoms with Gasteiger partial charge in [-0.25, -0.2) is 8.78 Å². The Balaban J connectivity index is 2.32. The molecule has 144 valence electrons. The van der Waals surface area contributed by atoms with E-state index in [1.54, 1.807) is 31.2 Å². The lowest BCUT2D eigenvalue weighted by atomic mass is 10.1. The van der Waals surface area contributed by atoms with E-state index in [2.05, 4.69) is 5.32 Å². The number of benzene rings is 2. The molecule has 0 aliphatic heterocycles. The van der Waals surface area contributed by atoms with E-state index in [0.717, 1.165) is 12.1 Å². The minimum atomic E-state index is -0.863. The van der Waals surface area contributed by atoms with E-state index in [0.29, 0.717) is 18.2 Å². The second-order valence-corrected chi connectivity index (χ2v) is 6.73. The summed E-state index contributed by atoms with van der Waals surface area (Å²) in [7, 11) is 0. The number of carbonyl (C=O) groups excluding carboxylic acids is 2. The van der Waals surface area contributed by atoms with Crippen molar-refractivity contribution >= 4 is 23.2 Å². The van der Waals surface area contributed by atoms with Crippen LogP contribution >= 0.6 is 0 Å². The molecule has 0 bridgehead atoms. The van der Waals surface area contributed by atoms with Crippen LogP contribution in [0.1, 0.15) is 33.6 Å². The molecule has 0 aromatic heterocycles. The highest BCUT2D eigenvalue weighted by Gasteiger charge is 2.30. The summed E-state index contributed by atoms with van der Waals surface area (Å²) in [6.45, 7) is 5.63. The molecule has 27 heavy (non-hydrogen) atoms. The zero-order chi connectivity index (χ0) is 20.0. The molecular formula is C21H24F2N2O2. The van der Waals surface area contributed by atoms with E-state index in [1.807, 2.05) is 19.9 Å². The normalized spacial score (nSPS) is 11.9. The summed E-state index contributed by atoms with van der Waals surface area (Å²) in [5, 5.41) is 2.47. The van der Waals surface area contributed by atoms with Crippen LogP contribution in [-0.2, 0) is 9.59 Å². The van der Waals surface area contributed by atoms with Gasteiger partial charge in [-0.05, 0) is 36.6 Å². The fraction of sp³-hybridized carbons (Fsp3) is 0.333. The Kier molecular flexibility index (Phi) is 7.05. The Morgan fingerprint density at radius 2 is 1.74 bits per heavy atom. The number of anilines is 2. The lowest BCUT2D eigenvalue weighted by Gasteiger charge is -2.31. The summed E-state index contributed by atoms with van der Waals surface area (Å²) in [4.78, 5) is 27.1. The summed E-state index contributed by atoms with van der Waals surface area (Å²) >= 11 is 0. The molecule has 4 nitrogen and oxygen atoms in total. The fourth-order valence-corrected chi connectivity index (χ4v) is 2.83. The first-order valence-electron chi connectivity index (χ1n) is 8.96. The van der Waals surface area contributed by atoms with E-state index in [-0.39, 0.29) is 23.9 Å². The van der Waals surface area contributed by atoms with Crippen molar-refractivity contribution in [3.05, 3.63) is 60.2 Å². The van der Waals surface area contributed by atoms with Gasteiger partial charge in [-0.15, -0.1) is 0 Å².